The zero-order valence-electron chi connectivity index (χ0n) is 26.3. The number of nitrogens with zero attached hydrogens (tertiary/aromatic N) is 4. The molecular formula is C33H38N5O6P. The van der Waals surface area contributed by atoms with Gasteiger partial charge in [0.1, 0.15) is 17.6 Å². The van der Waals surface area contributed by atoms with E-state index < -0.39 is 14.1 Å². The maximum absolute atomic E-state index is 13.2. The summed E-state index contributed by atoms with van der Waals surface area (Å²) in [5.74, 6) is 0.302. The van der Waals surface area contributed by atoms with Crippen LogP contribution in [0, 0.1) is 11.3 Å². The molecule has 1 unspecified atom stereocenters. The number of pyridine rings is 1. The number of aromatic nitrogens is 2. The number of hydrogen-bond acceptors (Lipinski definition) is 9. The number of benzene rings is 2. The number of nitriles is 1. The van der Waals surface area contributed by atoms with Gasteiger partial charge < -0.3 is 19.5 Å². The molecule has 1 amide bonds. The van der Waals surface area contributed by atoms with Gasteiger partial charge in [0.15, 0.2) is 0 Å². The lowest BCUT2D eigenvalue weighted by molar-refractivity contribution is -0.111. The topological polar surface area (TPSA) is 128 Å². The number of phosphoric ester groups is 1. The third-order valence-electron chi connectivity index (χ3n) is 6.70. The van der Waals surface area contributed by atoms with Gasteiger partial charge in [0, 0.05) is 53.3 Å². The van der Waals surface area contributed by atoms with E-state index in [9.17, 15) is 14.6 Å². The second-order valence-electron chi connectivity index (χ2n) is 10.3. The Labute approximate surface area is 263 Å². The average Bonchev–Trinajstić information content (AvgIpc) is 3.40. The maximum Gasteiger partial charge on any atom is 0.476 e. The molecule has 236 valence electrons. The smallest absolute Gasteiger partial charge is 0.476 e. The fourth-order valence-corrected chi connectivity index (χ4v) is 6.02. The molecule has 45 heavy (non-hydrogen) atoms. The zero-order valence-corrected chi connectivity index (χ0v) is 27.2. The first-order valence-corrected chi connectivity index (χ1v) is 16.0. The van der Waals surface area contributed by atoms with Crippen LogP contribution in [0.1, 0.15) is 32.6 Å². The zero-order chi connectivity index (χ0) is 32.6. The van der Waals surface area contributed by atoms with Crippen LogP contribution in [-0.4, -0.2) is 61.3 Å². The molecule has 1 atom stereocenters. The van der Waals surface area contributed by atoms with E-state index in [1.807, 2.05) is 55.5 Å². The Morgan fingerprint density at radius 1 is 1.11 bits per heavy atom. The molecule has 0 aliphatic heterocycles. The van der Waals surface area contributed by atoms with Gasteiger partial charge in [-0.05, 0) is 76.3 Å². The van der Waals surface area contributed by atoms with Crippen molar-refractivity contribution in [1.29, 1.82) is 5.26 Å². The van der Waals surface area contributed by atoms with Crippen LogP contribution in [0.15, 0.2) is 73.1 Å². The molecule has 0 aliphatic carbocycles. The van der Waals surface area contributed by atoms with Gasteiger partial charge in [-0.2, -0.15) is 5.26 Å². The fraction of sp³-hybridized carbons (Fsp3) is 0.303. The van der Waals surface area contributed by atoms with Crippen LogP contribution in [0.3, 0.4) is 0 Å². The highest BCUT2D eigenvalue weighted by molar-refractivity contribution is 7.48. The normalized spacial score (nSPS) is 12.5. The van der Waals surface area contributed by atoms with E-state index in [0.717, 1.165) is 27.6 Å². The average molecular weight is 632 g/mol. The van der Waals surface area contributed by atoms with Gasteiger partial charge in [0.25, 0.3) is 0 Å². The number of fused-ring (bicyclic) bond motifs is 1. The molecule has 0 aliphatic rings. The summed E-state index contributed by atoms with van der Waals surface area (Å²) in [5, 5.41) is 13.2. The molecule has 0 saturated carbocycles. The van der Waals surface area contributed by atoms with Gasteiger partial charge in [-0.3, -0.25) is 18.4 Å². The largest absolute Gasteiger partial charge is 0.497 e. The summed E-state index contributed by atoms with van der Waals surface area (Å²) in [5.41, 5.74) is 4.74. The minimum absolute atomic E-state index is 0.152. The monoisotopic (exact) mass is 631 g/mol. The molecule has 1 N–H and O–H groups in total. The molecule has 2 heterocycles. The number of hydrogen-bond donors (Lipinski definition) is 1. The third-order valence-corrected chi connectivity index (χ3v) is 8.42. The van der Waals surface area contributed by atoms with E-state index in [4.69, 9.17) is 23.3 Å². The summed E-state index contributed by atoms with van der Waals surface area (Å²) in [7, 11) is 1.58. The van der Waals surface area contributed by atoms with Crippen molar-refractivity contribution >= 4 is 30.5 Å². The lowest BCUT2D eigenvalue weighted by Gasteiger charge is -2.22. The van der Waals surface area contributed by atoms with Crippen LogP contribution in [0.2, 0.25) is 0 Å². The molecular weight excluding hydrogens is 593 g/mol. The highest BCUT2D eigenvalue weighted by atomic mass is 31.2. The predicted molar refractivity (Wildman–Crippen MR) is 175 cm³/mol. The summed E-state index contributed by atoms with van der Waals surface area (Å²) in [6.07, 6.45) is 6.07. The number of amides is 1. The second kappa shape index (κ2) is 15.1. The summed E-state index contributed by atoms with van der Waals surface area (Å²) in [6.45, 7) is 6.11. The number of carbonyl (C=O) groups is 1. The highest BCUT2D eigenvalue weighted by Gasteiger charge is 2.30. The SMILES string of the molecule is CCOP(=O)(OCC)OC(C)n1cc(-c2cccc(C#N)c2)c2cc(-c3cc(NC(=O)/C=C/CN(C)C)cc(OC)c3)cnc21. The molecule has 0 saturated heterocycles. The van der Waals surface area contributed by atoms with E-state index in [-0.39, 0.29) is 19.1 Å². The van der Waals surface area contributed by atoms with Gasteiger partial charge in [0.2, 0.25) is 5.91 Å². The fourth-order valence-electron chi connectivity index (χ4n) is 4.71. The van der Waals surface area contributed by atoms with E-state index in [2.05, 4.69) is 11.4 Å². The Morgan fingerprint density at radius 2 is 1.87 bits per heavy atom. The molecule has 11 nitrogen and oxygen atoms in total. The summed E-state index contributed by atoms with van der Waals surface area (Å²) in [6, 6.07) is 16.9. The number of ether oxygens (including phenoxy) is 1. The Hall–Kier alpha value is -4.30. The minimum Gasteiger partial charge on any atom is -0.497 e. The van der Waals surface area contributed by atoms with Gasteiger partial charge in [0.05, 0.1) is 32.0 Å². The Balaban J connectivity index is 1.81. The summed E-state index contributed by atoms with van der Waals surface area (Å²) < 4.78 is 37.1. The Morgan fingerprint density at radius 3 is 2.53 bits per heavy atom. The standard InChI is InChI=1S/C33H38N5O6P/c1-7-42-45(40,43-8-2)44-23(3)38-22-31(25-12-9-11-24(15-25)20-34)30-18-27(21-35-33(30)38)26-16-28(19-29(17-26)41-6)36-32(39)13-10-14-37(4)5/h9-13,15-19,21-23H,7-8,14H2,1-6H3,(H,36,39)/b13-10+. The molecule has 0 radical (unpaired) electrons. The molecule has 2 aromatic carbocycles. The molecule has 0 bridgehead atoms. The summed E-state index contributed by atoms with van der Waals surface area (Å²) in [4.78, 5) is 19.3. The van der Waals surface area contributed by atoms with Gasteiger partial charge in [-0.25, -0.2) is 9.55 Å². The van der Waals surface area contributed by atoms with Crippen molar-refractivity contribution in [2.45, 2.75) is 27.0 Å². The molecule has 0 fully saturated rings. The molecule has 4 rings (SSSR count). The number of methoxy groups -OCH3 is 1. The van der Waals surface area contributed by atoms with Crippen molar-refractivity contribution in [2.24, 2.45) is 0 Å². The number of anilines is 1. The second-order valence-corrected chi connectivity index (χ2v) is 12.0. The van der Waals surface area contributed by atoms with Crippen molar-refractivity contribution in [3.8, 4) is 34.1 Å². The predicted octanol–water partition coefficient (Wildman–Crippen LogP) is 7.02. The van der Waals surface area contributed by atoms with Crippen LogP contribution in [0.25, 0.3) is 33.3 Å². The molecule has 0 spiro atoms. The maximum atomic E-state index is 13.2. The minimum atomic E-state index is -3.84. The summed E-state index contributed by atoms with van der Waals surface area (Å²) >= 11 is 0. The van der Waals surface area contributed by atoms with Crippen molar-refractivity contribution in [1.82, 2.24) is 14.5 Å². The van der Waals surface area contributed by atoms with Crippen LogP contribution in [-0.2, 0) is 22.9 Å². The first-order chi connectivity index (χ1) is 21.6. The molecule has 2 aromatic heterocycles. The number of phosphoric acid groups is 1. The lowest BCUT2D eigenvalue weighted by atomic mass is 10.0. The molecule has 12 heteroatoms. The third kappa shape index (κ3) is 8.45. The lowest BCUT2D eigenvalue weighted by Crippen LogP contribution is -2.13. The van der Waals surface area contributed by atoms with E-state index in [1.54, 1.807) is 62.9 Å². The Kier molecular flexibility index (Phi) is 11.3. The van der Waals surface area contributed by atoms with E-state index in [0.29, 0.717) is 29.2 Å². The van der Waals surface area contributed by atoms with Crippen LogP contribution < -0.4 is 10.1 Å². The van der Waals surface area contributed by atoms with Crippen LogP contribution >= 0.6 is 7.82 Å². The van der Waals surface area contributed by atoms with Gasteiger partial charge >= 0.3 is 7.82 Å². The van der Waals surface area contributed by atoms with Crippen LogP contribution in [0.5, 0.6) is 5.75 Å². The van der Waals surface area contributed by atoms with Gasteiger partial charge in [-0.1, -0.05) is 18.2 Å². The first kappa shape index (κ1) is 33.6. The first-order valence-electron chi connectivity index (χ1n) is 14.5. The molecule has 4 aromatic rings. The highest BCUT2D eigenvalue weighted by Crippen LogP contribution is 2.52. The van der Waals surface area contributed by atoms with Crippen molar-refractivity contribution in [3.63, 3.8) is 0 Å². The number of nitrogens with one attached hydrogen (secondary N) is 1. The number of rotatable bonds is 14. The van der Waals surface area contributed by atoms with Crippen molar-refractivity contribution < 1.29 is 27.7 Å². The number of carbonyl (C=O) groups excluding carboxylic acids is 1. The quantitative estimate of drug-likeness (QED) is 0.115. The Bertz CT molecular complexity index is 1770. The van der Waals surface area contributed by atoms with Crippen molar-refractivity contribution in [3.05, 3.63) is 78.6 Å². The van der Waals surface area contributed by atoms with Crippen LogP contribution in [0.4, 0.5) is 5.69 Å². The van der Waals surface area contributed by atoms with Gasteiger partial charge in [-0.15, -0.1) is 0 Å². The van der Waals surface area contributed by atoms with E-state index in [1.165, 1.54) is 6.08 Å². The van der Waals surface area contributed by atoms with Crippen molar-refractivity contribution in [2.75, 3.05) is 46.3 Å². The number of likely N-dealkylation sites (N-methyl/N-ethyl adjacent to an activating group) is 1. The van der Waals surface area contributed by atoms with E-state index >= 15 is 0 Å².